The summed E-state index contributed by atoms with van der Waals surface area (Å²) in [7, 11) is 1.52. The molecule has 2 aromatic carbocycles. The normalized spacial score (nSPS) is 11.1. The average molecular weight is 384 g/mol. The van der Waals surface area contributed by atoms with E-state index < -0.39 is 23.0 Å². The predicted molar refractivity (Wildman–Crippen MR) is 99.5 cm³/mol. The fraction of sp³-hybridized carbons (Fsp3) is 0.143. The zero-order chi connectivity index (χ0) is 20.3. The Morgan fingerprint density at radius 1 is 1.07 bits per heavy atom. The molecule has 4 nitrogen and oxygen atoms in total. The van der Waals surface area contributed by atoms with Gasteiger partial charge in [-0.05, 0) is 29.3 Å². The van der Waals surface area contributed by atoms with Crippen LogP contribution in [0.3, 0.4) is 0 Å². The minimum Gasteiger partial charge on any atom is -0.497 e. The Bertz CT molecular complexity index is 1080. The van der Waals surface area contributed by atoms with Crippen molar-refractivity contribution in [1.29, 1.82) is 0 Å². The molecule has 28 heavy (non-hydrogen) atoms. The Morgan fingerprint density at radius 2 is 1.71 bits per heavy atom. The van der Waals surface area contributed by atoms with E-state index in [1.807, 2.05) is 0 Å². The van der Waals surface area contributed by atoms with Crippen LogP contribution in [0.15, 0.2) is 65.5 Å². The molecule has 0 N–H and O–H groups in total. The van der Waals surface area contributed by atoms with E-state index in [1.165, 1.54) is 11.7 Å². The third-order valence-corrected chi connectivity index (χ3v) is 4.26. The molecule has 0 bridgehead atoms. The van der Waals surface area contributed by atoms with Gasteiger partial charge in [0.05, 0.1) is 19.2 Å². The van der Waals surface area contributed by atoms with Gasteiger partial charge in [-0.3, -0.25) is 4.79 Å². The van der Waals surface area contributed by atoms with Crippen molar-refractivity contribution >= 4 is 5.69 Å². The Balaban J connectivity index is 2.24. The summed E-state index contributed by atoms with van der Waals surface area (Å²) in [6.45, 7) is 7.13. The molecule has 0 amide bonds. The average Bonchev–Trinajstić information content (AvgIpc) is 2.69. The first-order valence-electron chi connectivity index (χ1n) is 8.26. The highest BCUT2D eigenvalue weighted by Crippen LogP contribution is 2.37. The second kappa shape index (κ2) is 7.61. The van der Waals surface area contributed by atoms with Gasteiger partial charge in [0, 0.05) is 12.2 Å². The zero-order valence-corrected chi connectivity index (χ0v) is 14.8. The van der Waals surface area contributed by atoms with Crippen molar-refractivity contribution in [2.75, 3.05) is 7.11 Å². The van der Waals surface area contributed by atoms with Gasteiger partial charge in [-0.15, -0.1) is 0 Å². The second-order valence-electron chi connectivity index (χ2n) is 6.01. The van der Waals surface area contributed by atoms with Crippen molar-refractivity contribution in [3.05, 3.63) is 93.6 Å². The predicted octanol–water partition coefficient (Wildman–Crippen LogP) is 5.14. The Morgan fingerprint density at radius 3 is 2.25 bits per heavy atom. The monoisotopic (exact) mass is 384 g/mol. The van der Waals surface area contributed by atoms with Crippen molar-refractivity contribution in [2.45, 2.75) is 12.7 Å². The van der Waals surface area contributed by atoms with Gasteiger partial charge in [0.2, 0.25) is 0 Å². The molecule has 1 heterocycles. The Labute approximate surface area is 159 Å². The molecule has 3 rings (SSSR count). The first-order valence-corrected chi connectivity index (χ1v) is 8.26. The second-order valence-corrected chi connectivity index (χ2v) is 6.01. The minimum absolute atomic E-state index is 0.0215. The maximum absolute atomic E-state index is 13.4. The summed E-state index contributed by atoms with van der Waals surface area (Å²) in [5.41, 5.74) is -1.88. The third kappa shape index (κ3) is 3.76. The molecule has 0 unspecified atom stereocenters. The standard InChI is InChI=1S/C21H15F3N2O2/c1-25-19-17(21(22,23)24)12-18(15-6-4-3-5-7-15)26(20(19)27)13-14-8-10-16(28-2)11-9-14/h3-12H,13H2,2H3. The van der Waals surface area contributed by atoms with Gasteiger partial charge < -0.3 is 9.30 Å². The summed E-state index contributed by atoms with van der Waals surface area (Å²) in [6.07, 6.45) is -4.80. The molecule has 0 aliphatic carbocycles. The van der Waals surface area contributed by atoms with E-state index >= 15 is 0 Å². The van der Waals surface area contributed by atoms with E-state index in [1.54, 1.807) is 54.6 Å². The van der Waals surface area contributed by atoms with Crippen LogP contribution in [0.5, 0.6) is 5.75 Å². The molecule has 0 saturated carbocycles. The first kappa shape index (κ1) is 19.2. The van der Waals surface area contributed by atoms with Crippen LogP contribution in [0.4, 0.5) is 18.9 Å². The maximum Gasteiger partial charge on any atom is 0.407 e. The summed E-state index contributed by atoms with van der Waals surface area (Å²) in [4.78, 5) is 15.7. The topological polar surface area (TPSA) is 35.6 Å². The van der Waals surface area contributed by atoms with E-state index in [0.29, 0.717) is 16.9 Å². The number of benzene rings is 2. The number of halogens is 3. The highest BCUT2D eigenvalue weighted by molar-refractivity contribution is 5.66. The van der Waals surface area contributed by atoms with Crippen LogP contribution < -0.4 is 10.3 Å². The number of hydrogen-bond donors (Lipinski definition) is 0. The van der Waals surface area contributed by atoms with Gasteiger partial charge in [-0.25, -0.2) is 4.85 Å². The van der Waals surface area contributed by atoms with Crippen LogP contribution in [0, 0.1) is 6.57 Å². The molecule has 0 aliphatic rings. The lowest BCUT2D eigenvalue weighted by atomic mass is 10.1. The summed E-state index contributed by atoms with van der Waals surface area (Å²) in [5, 5.41) is 0. The first-order chi connectivity index (χ1) is 13.3. The summed E-state index contributed by atoms with van der Waals surface area (Å²) < 4.78 is 46.6. The number of nitrogens with zero attached hydrogens (tertiary/aromatic N) is 2. The summed E-state index contributed by atoms with van der Waals surface area (Å²) in [6, 6.07) is 16.0. The van der Waals surface area contributed by atoms with Gasteiger partial charge in [-0.1, -0.05) is 42.5 Å². The molecule has 142 valence electrons. The molecular formula is C21H15F3N2O2. The number of pyridine rings is 1. The molecule has 0 aliphatic heterocycles. The lowest BCUT2D eigenvalue weighted by Crippen LogP contribution is -2.25. The highest BCUT2D eigenvalue weighted by Gasteiger charge is 2.36. The largest absolute Gasteiger partial charge is 0.497 e. The molecule has 0 radical (unpaired) electrons. The van der Waals surface area contributed by atoms with Gasteiger partial charge >= 0.3 is 6.18 Å². The Hall–Kier alpha value is -3.53. The smallest absolute Gasteiger partial charge is 0.407 e. The van der Waals surface area contributed by atoms with Crippen LogP contribution in [0.2, 0.25) is 0 Å². The molecule has 1 aromatic heterocycles. The fourth-order valence-corrected chi connectivity index (χ4v) is 2.88. The molecule has 0 atom stereocenters. The van der Waals surface area contributed by atoms with Crippen LogP contribution in [0.1, 0.15) is 11.1 Å². The summed E-state index contributed by atoms with van der Waals surface area (Å²) in [5.74, 6) is 0.619. The van der Waals surface area contributed by atoms with Gasteiger partial charge in [0.15, 0.2) is 0 Å². The van der Waals surface area contributed by atoms with Crippen molar-refractivity contribution in [3.8, 4) is 17.0 Å². The summed E-state index contributed by atoms with van der Waals surface area (Å²) >= 11 is 0. The van der Waals surface area contributed by atoms with Crippen molar-refractivity contribution < 1.29 is 17.9 Å². The number of hydrogen-bond acceptors (Lipinski definition) is 2. The molecular weight excluding hydrogens is 369 g/mol. The van der Waals surface area contributed by atoms with Gasteiger partial charge in [-0.2, -0.15) is 13.2 Å². The highest BCUT2D eigenvalue weighted by atomic mass is 19.4. The zero-order valence-electron chi connectivity index (χ0n) is 14.8. The van der Waals surface area contributed by atoms with Crippen LogP contribution in [0.25, 0.3) is 16.1 Å². The Kier molecular flexibility index (Phi) is 5.23. The van der Waals surface area contributed by atoms with Crippen LogP contribution >= 0.6 is 0 Å². The van der Waals surface area contributed by atoms with Crippen molar-refractivity contribution in [3.63, 3.8) is 0 Å². The SMILES string of the molecule is [C-]#[N+]c1c(C(F)(F)F)cc(-c2ccccc2)n(Cc2ccc(OC)cc2)c1=O. The number of alkyl halides is 3. The molecule has 0 spiro atoms. The van der Waals surface area contributed by atoms with Crippen LogP contribution in [-0.2, 0) is 12.7 Å². The van der Waals surface area contributed by atoms with E-state index in [0.717, 1.165) is 6.07 Å². The van der Waals surface area contributed by atoms with Crippen molar-refractivity contribution in [2.24, 2.45) is 0 Å². The number of aromatic nitrogens is 1. The minimum atomic E-state index is -4.80. The van der Waals surface area contributed by atoms with Gasteiger partial charge in [0.1, 0.15) is 5.75 Å². The number of methoxy groups -OCH3 is 1. The van der Waals surface area contributed by atoms with E-state index in [9.17, 15) is 18.0 Å². The molecule has 0 fully saturated rings. The van der Waals surface area contributed by atoms with E-state index in [-0.39, 0.29) is 12.2 Å². The van der Waals surface area contributed by atoms with E-state index in [2.05, 4.69) is 4.85 Å². The quantitative estimate of drug-likeness (QED) is 0.584. The number of rotatable bonds is 4. The fourth-order valence-electron chi connectivity index (χ4n) is 2.88. The molecule has 0 saturated heterocycles. The van der Waals surface area contributed by atoms with Crippen molar-refractivity contribution in [1.82, 2.24) is 4.57 Å². The third-order valence-electron chi connectivity index (χ3n) is 4.26. The molecule has 3 aromatic rings. The molecule has 7 heteroatoms. The van der Waals surface area contributed by atoms with E-state index in [4.69, 9.17) is 11.3 Å². The van der Waals surface area contributed by atoms with Crippen LogP contribution in [-0.4, -0.2) is 11.7 Å². The lowest BCUT2D eigenvalue weighted by Gasteiger charge is -2.18. The number of ether oxygens (including phenoxy) is 1. The maximum atomic E-state index is 13.4. The van der Waals surface area contributed by atoms with Gasteiger partial charge in [0.25, 0.3) is 11.2 Å². The lowest BCUT2D eigenvalue weighted by molar-refractivity contribution is -0.136.